The van der Waals surface area contributed by atoms with Gasteiger partial charge in [0.15, 0.2) is 5.13 Å². The molecule has 0 aliphatic heterocycles. The number of hydrogen-bond donors (Lipinski definition) is 2. The predicted octanol–water partition coefficient (Wildman–Crippen LogP) is 4.67. The molecule has 1 amide bonds. The molecule has 9 heteroatoms. The van der Waals surface area contributed by atoms with Crippen molar-refractivity contribution in [2.45, 2.75) is 11.8 Å². The normalized spacial score (nSPS) is 11.3. The molecule has 158 valence electrons. The Morgan fingerprint density at radius 2 is 1.71 bits per heavy atom. The molecule has 4 aromatic rings. The van der Waals surface area contributed by atoms with Crippen molar-refractivity contribution in [1.82, 2.24) is 4.98 Å². The third kappa shape index (κ3) is 4.68. The van der Waals surface area contributed by atoms with Crippen molar-refractivity contribution in [3.8, 4) is 5.75 Å². The van der Waals surface area contributed by atoms with Gasteiger partial charge < -0.3 is 4.74 Å². The number of thiazole rings is 1. The van der Waals surface area contributed by atoms with E-state index < -0.39 is 10.0 Å². The van der Waals surface area contributed by atoms with E-state index in [1.165, 1.54) is 42.7 Å². The Labute approximate surface area is 183 Å². The minimum atomic E-state index is -3.79. The maximum atomic E-state index is 12.6. The number of amides is 1. The lowest BCUT2D eigenvalue weighted by Gasteiger charge is -2.09. The fraction of sp³-hybridized carbons (Fsp3) is 0.0909. The summed E-state index contributed by atoms with van der Waals surface area (Å²) in [7, 11) is -2.25. The highest BCUT2D eigenvalue weighted by Crippen LogP contribution is 2.27. The molecular formula is C22H19N3O4S2. The molecule has 1 heterocycles. The molecule has 0 bridgehead atoms. The Morgan fingerprint density at radius 3 is 2.39 bits per heavy atom. The first-order chi connectivity index (χ1) is 14.8. The predicted molar refractivity (Wildman–Crippen MR) is 123 cm³/mol. The Balaban J connectivity index is 1.47. The molecule has 0 saturated carbocycles. The average Bonchev–Trinajstić information content (AvgIpc) is 3.15. The summed E-state index contributed by atoms with van der Waals surface area (Å²) in [6, 6.07) is 18.1. The van der Waals surface area contributed by atoms with Crippen molar-refractivity contribution in [3.05, 3.63) is 77.9 Å². The van der Waals surface area contributed by atoms with Gasteiger partial charge >= 0.3 is 0 Å². The van der Waals surface area contributed by atoms with Gasteiger partial charge in [-0.05, 0) is 73.2 Å². The lowest BCUT2D eigenvalue weighted by molar-refractivity contribution is 0.102. The second-order valence-corrected chi connectivity index (χ2v) is 9.52. The van der Waals surface area contributed by atoms with E-state index in [-0.39, 0.29) is 10.8 Å². The molecule has 0 spiro atoms. The van der Waals surface area contributed by atoms with Crippen LogP contribution in [-0.4, -0.2) is 26.4 Å². The van der Waals surface area contributed by atoms with Gasteiger partial charge in [-0.2, -0.15) is 0 Å². The number of anilines is 2. The van der Waals surface area contributed by atoms with Crippen LogP contribution in [-0.2, 0) is 10.0 Å². The number of methoxy groups -OCH3 is 1. The lowest BCUT2D eigenvalue weighted by Crippen LogP contribution is -2.14. The summed E-state index contributed by atoms with van der Waals surface area (Å²) < 4.78 is 33.8. The van der Waals surface area contributed by atoms with Gasteiger partial charge in [0, 0.05) is 11.3 Å². The van der Waals surface area contributed by atoms with Gasteiger partial charge in [-0.25, -0.2) is 13.4 Å². The number of benzene rings is 3. The summed E-state index contributed by atoms with van der Waals surface area (Å²) in [6.07, 6.45) is 0. The fourth-order valence-corrected chi connectivity index (χ4v) is 4.93. The number of rotatable bonds is 6. The Morgan fingerprint density at radius 1 is 1.00 bits per heavy atom. The summed E-state index contributed by atoms with van der Waals surface area (Å²) >= 11 is 1.39. The highest BCUT2D eigenvalue weighted by molar-refractivity contribution is 7.92. The van der Waals surface area contributed by atoms with Gasteiger partial charge in [0.2, 0.25) is 0 Å². The molecule has 0 aliphatic rings. The standard InChI is InChI=1S/C22H19N3O4S2/c1-14-3-12-19-20(13-14)30-22(23-19)24-21(26)15-4-10-18(11-5-15)31(27,28)25-16-6-8-17(29-2)9-7-16/h3-13,25H,1-2H3,(H,23,24,26). The van der Waals surface area contributed by atoms with Gasteiger partial charge in [0.25, 0.3) is 15.9 Å². The van der Waals surface area contributed by atoms with Crippen molar-refractivity contribution in [3.63, 3.8) is 0 Å². The average molecular weight is 454 g/mol. The first-order valence-corrected chi connectivity index (χ1v) is 11.6. The van der Waals surface area contributed by atoms with Crippen LogP contribution in [0.15, 0.2) is 71.6 Å². The molecule has 0 aliphatic carbocycles. The number of fused-ring (bicyclic) bond motifs is 1. The van der Waals surface area contributed by atoms with Crippen LogP contribution in [0.25, 0.3) is 10.2 Å². The van der Waals surface area contributed by atoms with Gasteiger partial charge in [0.1, 0.15) is 5.75 Å². The summed E-state index contributed by atoms with van der Waals surface area (Å²) in [5, 5.41) is 3.26. The molecule has 0 saturated heterocycles. The van der Waals surface area contributed by atoms with E-state index in [0.29, 0.717) is 22.1 Å². The third-order valence-electron chi connectivity index (χ3n) is 4.53. The van der Waals surface area contributed by atoms with Crippen LogP contribution in [0.4, 0.5) is 10.8 Å². The molecule has 1 aromatic heterocycles. The van der Waals surface area contributed by atoms with Crippen molar-refractivity contribution in [2.24, 2.45) is 0 Å². The van der Waals surface area contributed by atoms with Crippen LogP contribution in [0, 0.1) is 6.92 Å². The highest BCUT2D eigenvalue weighted by atomic mass is 32.2. The van der Waals surface area contributed by atoms with Gasteiger partial charge in [-0.15, -0.1) is 0 Å². The van der Waals surface area contributed by atoms with Crippen LogP contribution in [0.1, 0.15) is 15.9 Å². The monoisotopic (exact) mass is 453 g/mol. The van der Waals surface area contributed by atoms with Crippen molar-refractivity contribution < 1.29 is 17.9 Å². The van der Waals surface area contributed by atoms with Crippen LogP contribution in [0.3, 0.4) is 0 Å². The lowest BCUT2D eigenvalue weighted by atomic mass is 10.2. The Kier molecular flexibility index (Phi) is 5.62. The van der Waals surface area contributed by atoms with Gasteiger partial charge in [0.05, 0.1) is 22.2 Å². The fourth-order valence-electron chi connectivity index (χ4n) is 2.91. The topological polar surface area (TPSA) is 97.4 Å². The number of sulfonamides is 1. The summed E-state index contributed by atoms with van der Waals surface area (Å²) in [5.41, 5.74) is 2.68. The molecule has 4 rings (SSSR count). The second kappa shape index (κ2) is 8.37. The van der Waals surface area contributed by atoms with Gasteiger partial charge in [-0.1, -0.05) is 17.4 Å². The van der Waals surface area contributed by atoms with Crippen molar-refractivity contribution in [1.29, 1.82) is 0 Å². The maximum Gasteiger partial charge on any atom is 0.261 e. The van der Waals surface area contributed by atoms with E-state index in [2.05, 4.69) is 15.0 Å². The van der Waals surface area contributed by atoms with Crippen LogP contribution >= 0.6 is 11.3 Å². The van der Waals surface area contributed by atoms with Gasteiger partial charge in [-0.3, -0.25) is 14.8 Å². The number of nitrogens with zero attached hydrogens (tertiary/aromatic N) is 1. The summed E-state index contributed by atoms with van der Waals surface area (Å²) in [6.45, 7) is 2.00. The quantitative estimate of drug-likeness (QED) is 0.442. The summed E-state index contributed by atoms with van der Waals surface area (Å²) in [4.78, 5) is 17.0. The molecule has 7 nitrogen and oxygen atoms in total. The van der Waals surface area contributed by atoms with E-state index in [1.807, 2.05) is 25.1 Å². The molecule has 0 radical (unpaired) electrons. The van der Waals surface area contributed by atoms with E-state index in [1.54, 1.807) is 24.3 Å². The Hall–Kier alpha value is -3.43. The van der Waals surface area contributed by atoms with Crippen molar-refractivity contribution in [2.75, 3.05) is 17.1 Å². The number of hydrogen-bond acceptors (Lipinski definition) is 6. The first-order valence-electron chi connectivity index (χ1n) is 9.29. The van der Waals surface area contributed by atoms with Crippen molar-refractivity contribution >= 4 is 48.3 Å². The zero-order valence-electron chi connectivity index (χ0n) is 16.7. The molecule has 0 unspecified atom stereocenters. The first kappa shape index (κ1) is 20.8. The summed E-state index contributed by atoms with van der Waals surface area (Å²) in [5.74, 6) is 0.268. The molecular weight excluding hydrogens is 434 g/mol. The zero-order valence-corrected chi connectivity index (χ0v) is 18.4. The SMILES string of the molecule is COc1ccc(NS(=O)(=O)c2ccc(C(=O)Nc3nc4ccc(C)cc4s3)cc2)cc1. The number of carbonyl (C=O) groups is 1. The van der Waals surface area contributed by atoms with Crippen LogP contribution in [0.2, 0.25) is 0 Å². The van der Waals surface area contributed by atoms with E-state index in [9.17, 15) is 13.2 Å². The van der Waals surface area contributed by atoms with E-state index in [0.717, 1.165) is 15.8 Å². The largest absolute Gasteiger partial charge is 0.497 e. The minimum Gasteiger partial charge on any atom is -0.497 e. The molecule has 31 heavy (non-hydrogen) atoms. The second-order valence-electron chi connectivity index (χ2n) is 6.80. The molecule has 2 N–H and O–H groups in total. The molecule has 0 atom stereocenters. The molecule has 3 aromatic carbocycles. The van der Waals surface area contributed by atoms with Crippen LogP contribution in [0.5, 0.6) is 5.75 Å². The van der Waals surface area contributed by atoms with E-state index in [4.69, 9.17) is 4.74 Å². The highest BCUT2D eigenvalue weighted by Gasteiger charge is 2.16. The number of aromatic nitrogens is 1. The zero-order chi connectivity index (χ0) is 22.0. The van der Waals surface area contributed by atoms with E-state index >= 15 is 0 Å². The Bertz CT molecular complexity index is 1350. The number of carbonyl (C=O) groups excluding carboxylic acids is 1. The minimum absolute atomic E-state index is 0.0512. The molecule has 0 fully saturated rings. The smallest absolute Gasteiger partial charge is 0.261 e. The third-order valence-corrected chi connectivity index (χ3v) is 6.86. The number of ether oxygens (including phenoxy) is 1. The number of nitrogens with one attached hydrogen (secondary N) is 2. The maximum absolute atomic E-state index is 12.6. The number of aryl methyl sites for hydroxylation is 1. The van der Waals surface area contributed by atoms with Crippen LogP contribution < -0.4 is 14.8 Å².